The van der Waals surface area contributed by atoms with Crippen molar-refractivity contribution in [2.24, 2.45) is 5.92 Å². The van der Waals surface area contributed by atoms with Crippen molar-refractivity contribution in [2.45, 2.75) is 101 Å². The quantitative estimate of drug-likeness (QED) is 0.466. The first-order valence-corrected chi connectivity index (χ1v) is 14.4. The smallest absolute Gasteiger partial charge is 0.416 e. The molecule has 2 bridgehead atoms. The molecule has 4 fully saturated rings. The lowest BCUT2D eigenvalue weighted by Gasteiger charge is -2.39. The van der Waals surface area contributed by atoms with Crippen LogP contribution < -0.4 is 5.32 Å². The van der Waals surface area contributed by atoms with E-state index in [2.05, 4.69) is 11.4 Å². The standard InChI is InChI=1S/C29H33F6N5O4/c1-14(15-5-17(28(30,31)32)9-18(6-15)29(33,34)35)39-20-10-23(25(39)42)38(12-20)13-21(37-26(43)44-27(2,3)4)24(41)40-19(11-36)7-16-8-22(16)40/h5-6,9,14,16,19-23H,7-8,10,12-13H2,1-4H3,(H,37,43)/t14-,16-,19+,20?,21+,22+,23+/m1/s1. The van der Waals surface area contributed by atoms with Crippen LogP contribution in [-0.2, 0) is 26.7 Å². The molecule has 1 aromatic rings. The van der Waals surface area contributed by atoms with Gasteiger partial charge in [-0.05, 0) is 76.6 Å². The van der Waals surface area contributed by atoms with Crippen molar-refractivity contribution in [1.82, 2.24) is 20.0 Å². The number of halogens is 6. The molecule has 1 saturated carbocycles. The lowest BCUT2D eigenvalue weighted by molar-refractivity contribution is -0.143. The van der Waals surface area contributed by atoms with Gasteiger partial charge in [0.05, 0.1) is 29.3 Å². The van der Waals surface area contributed by atoms with Crippen molar-refractivity contribution < 1.29 is 45.5 Å². The molecule has 3 amide bonds. The van der Waals surface area contributed by atoms with Gasteiger partial charge >= 0.3 is 18.4 Å². The lowest BCUT2D eigenvalue weighted by Crippen LogP contribution is -2.59. The van der Waals surface area contributed by atoms with E-state index in [1.54, 1.807) is 25.7 Å². The van der Waals surface area contributed by atoms with Gasteiger partial charge in [0.15, 0.2) is 0 Å². The zero-order chi connectivity index (χ0) is 32.5. The second kappa shape index (κ2) is 10.8. The van der Waals surface area contributed by atoms with Crippen LogP contribution in [0.5, 0.6) is 0 Å². The number of hydrogen-bond acceptors (Lipinski definition) is 6. The van der Waals surface area contributed by atoms with E-state index in [9.17, 15) is 46.0 Å². The summed E-state index contributed by atoms with van der Waals surface area (Å²) in [6, 6.07) is -0.896. The highest BCUT2D eigenvalue weighted by Crippen LogP contribution is 2.48. The first-order valence-electron chi connectivity index (χ1n) is 14.4. The zero-order valence-corrected chi connectivity index (χ0v) is 24.5. The Balaban J connectivity index is 1.35. The Labute approximate surface area is 250 Å². The molecule has 1 aliphatic carbocycles. The Morgan fingerprint density at radius 2 is 1.66 bits per heavy atom. The van der Waals surface area contributed by atoms with E-state index in [1.807, 2.05) is 0 Å². The molecule has 0 spiro atoms. The van der Waals surface area contributed by atoms with Gasteiger partial charge in [-0.2, -0.15) is 31.6 Å². The highest BCUT2D eigenvalue weighted by Gasteiger charge is 2.57. The molecule has 3 saturated heterocycles. The number of piperidine rings is 1. The number of hydrogen-bond donors (Lipinski definition) is 1. The normalized spacial score (nSPS) is 28.0. The van der Waals surface area contributed by atoms with Crippen molar-refractivity contribution in [3.63, 3.8) is 0 Å². The van der Waals surface area contributed by atoms with Gasteiger partial charge < -0.3 is 19.9 Å². The number of benzene rings is 1. The Kier molecular flexibility index (Phi) is 7.83. The first kappa shape index (κ1) is 31.9. The molecule has 1 N–H and O–H groups in total. The number of fused-ring (bicyclic) bond motifs is 3. The number of amides is 3. The molecule has 0 radical (unpaired) electrons. The average molecular weight is 630 g/mol. The fourth-order valence-corrected chi connectivity index (χ4v) is 6.72. The number of piperazine rings is 1. The molecule has 7 atom stereocenters. The van der Waals surface area contributed by atoms with Crippen molar-refractivity contribution >= 4 is 17.9 Å². The van der Waals surface area contributed by atoms with E-state index in [-0.39, 0.29) is 43.1 Å². The van der Waals surface area contributed by atoms with E-state index in [0.29, 0.717) is 18.6 Å². The Hall–Kier alpha value is -3.54. The maximum absolute atomic E-state index is 13.7. The van der Waals surface area contributed by atoms with Gasteiger partial charge in [0.2, 0.25) is 11.8 Å². The molecular weight excluding hydrogens is 596 g/mol. The number of nitrogens with zero attached hydrogens (tertiary/aromatic N) is 4. The fraction of sp³-hybridized carbons (Fsp3) is 0.655. The van der Waals surface area contributed by atoms with Gasteiger partial charge in [0, 0.05) is 25.2 Å². The third-order valence-corrected chi connectivity index (χ3v) is 8.74. The second-order valence-corrected chi connectivity index (χ2v) is 13.0. The summed E-state index contributed by atoms with van der Waals surface area (Å²) in [5.74, 6) is -0.753. The monoisotopic (exact) mass is 629 g/mol. The van der Waals surface area contributed by atoms with Crippen LogP contribution >= 0.6 is 0 Å². The van der Waals surface area contributed by atoms with Gasteiger partial charge in [-0.3, -0.25) is 14.5 Å². The summed E-state index contributed by atoms with van der Waals surface area (Å²) in [4.78, 5) is 44.4. The first-order chi connectivity index (χ1) is 20.3. The number of rotatable bonds is 6. The molecule has 3 aliphatic heterocycles. The van der Waals surface area contributed by atoms with Crippen molar-refractivity contribution in [1.29, 1.82) is 5.26 Å². The summed E-state index contributed by atoms with van der Waals surface area (Å²) in [5, 5.41) is 12.2. The summed E-state index contributed by atoms with van der Waals surface area (Å²) >= 11 is 0. The van der Waals surface area contributed by atoms with Crippen molar-refractivity contribution in [3.05, 3.63) is 34.9 Å². The third kappa shape index (κ3) is 6.18. The van der Waals surface area contributed by atoms with Gasteiger partial charge in [-0.25, -0.2) is 4.79 Å². The Bertz CT molecular complexity index is 1350. The van der Waals surface area contributed by atoms with Gasteiger partial charge in [0.1, 0.15) is 17.7 Å². The summed E-state index contributed by atoms with van der Waals surface area (Å²) in [7, 11) is 0. The maximum Gasteiger partial charge on any atom is 0.416 e. The number of likely N-dealkylation sites (tertiary alicyclic amines) is 3. The predicted octanol–water partition coefficient (Wildman–Crippen LogP) is 4.48. The SMILES string of the molecule is C[C@H](c1cc(C(F)(F)F)cc(C(F)(F)F)c1)N1C(=O)[C@@H]2CC1CN2C[C@H](NC(=O)OC(C)(C)C)C(=O)N1[C@H](C#N)C[C@@H]2C[C@@H]21. The largest absolute Gasteiger partial charge is 0.444 e. The van der Waals surface area contributed by atoms with Crippen LogP contribution in [0, 0.1) is 17.2 Å². The molecular formula is C29H33F6N5O4. The number of carbonyl (C=O) groups excluding carboxylic acids is 3. The van der Waals surface area contributed by atoms with E-state index in [1.165, 1.54) is 16.7 Å². The minimum atomic E-state index is -5.02. The molecule has 44 heavy (non-hydrogen) atoms. The lowest BCUT2D eigenvalue weighted by atomic mass is 9.98. The summed E-state index contributed by atoms with van der Waals surface area (Å²) in [6.45, 7) is 6.43. The predicted molar refractivity (Wildman–Crippen MR) is 141 cm³/mol. The summed E-state index contributed by atoms with van der Waals surface area (Å²) in [6.07, 6.45) is -9.36. The number of nitrogens with one attached hydrogen (secondary N) is 1. The zero-order valence-electron chi connectivity index (χ0n) is 24.5. The Morgan fingerprint density at radius 1 is 1.05 bits per heavy atom. The van der Waals surface area contributed by atoms with Gasteiger partial charge in [-0.1, -0.05) is 0 Å². The maximum atomic E-state index is 13.7. The Morgan fingerprint density at radius 3 is 2.18 bits per heavy atom. The van der Waals surface area contributed by atoms with E-state index < -0.39 is 77.2 Å². The summed E-state index contributed by atoms with van der Waals surface area (Å²) in [5.41, 5.74) is -4.08. The number of nitriles is 1. The molecule has 240 valence electrons. The minimum Gasteiger partial charge on any atom is -0.444 e. The minimum absolute atomic E-state index is 0.0474. The van der Waals surface area contributed by atoms with Crippen LogP contribution in [0.1, 0.15) is 69.7 Å². The van der Waals surface area contributed by atoms with Crippen LogP contribution in [0.15, 0.2) is 18.2 Å². The molecule has 9 nitrogen and oxygen atoms in total. The number of alkyl halides is 6. The topological polar surface area (TPSA) is 106 Å². The molecule has 1 unspecified atom stereocenters. The number of ether oxygens (including phenoxy) is 1. The van der Waals surface area contributed by atoms with Crippen LogP contribution in [0.4, 0.5) is 31.1 Å². The van der Waals surface area contributed by atoms with E-state index >= 15 is 0 Å². The van der Waals surface area contributed by atoms with Crippen molar-refractivity contribution in [3.8, 4) is 6.07 Å². The van der Waals surface area contributed by atoms with Crippen LogP contribution in [0.2, 0.25) is 0 Å². The summed E-state index contributed by atoms with van der Waals surface area (Å²) < 4.78 is 86.1. The van der Waals surface area contributed by atoms with Crippen molar-refractivity contribution in [2.75, 3.05) is 13.1 Å². The van der Waals surface area contributed by atoms with Gasteiger partial charge in [-0.15, -0.1) is 0 Å². The second-order valence-electron chi connectivity index (χ2n) is 13.0. The van der Waals surface area contributed by atoms with Crippen LogP contribution in [-0.4, -0.2) is 81.5 Å². The molecule has 3 heterocycles. The molecule has 15 heteroatoms. The highest BCUT2D eigenvalue weighted by atomic mass is 19.4. The molecule has 4 aliphatic rings. The molecule has 1 aromatic carbocycles. The van der Waals surface area contributed by atoms with Crippen LogP contribution in [0.25, 0.3) is 0 Å². The molecule has 5 rings (SSSR count). The van der Waals surface area contributed by atoms with Gasteiger partial charge in [0.25, 0.3) is 0 Å². The van der Waals surface area contributed by atoms with Crippen LogP contribution in [0.3, 0.4) is 0 Å². The highest BCUT2D eigenvalue weighted by molar-refractivity contribution is 5.89. The van der Waals surface area contributed by atoms with E-state index in [4.69, 9.17) is 4.74 Å². The fourth-order valence-electron chi connectivity index (χ4n) is 6.72. The number of alkyl carbamates (subject to hydrolysis) is 1. The number of carbonyl (C=O) groups is 3. The molecule has 0 aromatic heterocycles. The average Bonchev–Trinajstić information content (AvgIpc) is 3.22. The van der Waals surface area contributed by atoms with E-state index in [0.717, 1.165) is 6.42 Å². The third-order valence-electron chi connectivity index (χ3n) is 8.74.